The number of carbonyl (C=O) groups is 1. The highest BCUT2D eigenvalue weighted by molar-refractivity contribution is 7.93. The fourth-order valence-corrected chi connectivity index (χ4v) is 5.39. The van der Waals surface area contributed by atoms with Gasteiger partial charge < -0.3 is 5.11 Å². The molecule has 1 aliphatic rings. The minimum Gasteiger partial charge on any atom is -0.478 e. The van der Waals surface area contributed by atoms with E-state index >= 15 is 0 Å². The van der Waals surface area contributed by atoms with Crippen LogP contribution < -0.4 is 4.31 Å². The van der Waals surface area contributed by atoms with E-state index in [4.69, 9.17) is 0 Å². The Morgan fingerprint density at radius 1 is 1.35 bits per heavy atom. The number of aromatic carboxylic acids is 1. The molecule has 1 fully saturated rings. The van der Waals surface area contributed by atoms with Crippen LogP contribution in [-0.2, 0) is 10.0 Å². The minimum absolute atomic E-state index is 0.0168. The molecule has 1 aromatic rings. The summed E-state index contributed by atoms with van der Waals surface area (Å²) >= 11 is 0.919. The summed E-state index contributed by atoms with van der Waals surface area (Å²) < 4.78 is 30.2. The van der Waals surface area contributed by atoms with Crippen LogP contribution >= 0.6 is 11.5 Å². The zero-order valence-corrected chi connectivity index (χ0v) is 13.1. The van der Waals surface area contributed by atoms with Crippen molar-refractivity contribution in [2.45, 2.75) is 44.3 Å². The third-order valence-corrected chi connectivity index (χ3v) is 7.09. The van der Waals surface area contributed by atoms with Crippen molar-refractivity contribution in [2.24, 2.45) is 0 Å². The highest BCUT2D eigenvalue weighted by atomic mass is 32.2. The molecule has 1 aromatic heterocycles. The maximum Gasteiger partial charge on any atom is 0.340 e. The van der Waals surface area contributed by atoms with Gasteiger partial charge in [0.05, 0.1) is 10.9 Å². The number of hydrogen-bond acceptors (Lipinski definition) is 5. The first-order valence-electron chi connectivity index (χ1n) is 6.53. The second-order valence-corrected chi connectivity index (χ2v) is 8.02. The van der Waals surface area contributed by atoms with Crippen LogP contribution in [0.5, 0.6) is 0 Å². The van der Waals surface area contributed by atoms with Gasteiger partial charge in [-0.05, 0) is 31.3 Å². The maximum absolute atomic E-state index is 12.6. The zero-order chi connectivity index (χ0) is 14.9. The average Bonchev–Trinajstić information content (AvgIpc) is 2.80. The van der Waals surface area contributed by atoms with Crippen molar-refractivity contribution in [1.82, 2.24) is 4.37 Å². The average molecular weight is 318 g/mol. The van der Waals surface area contributed by atoms with E-state index in [1.807, 2.05) is 0 Å². The summed E-state index contributed by atoms with van der Waals surface area (Å²) in [5.41, 5.74) is 0.333. The number of aromatic nitrogens is 1. The molecule has 0 atom stereocenters. The van der Waals surface area contributed by atoms with Crippen LogP contribution in [0.1, 0.15) is 48.2 Å². The number of rotatable bonds is 4. The fraction of sp³-hybridized carbons (Fsp3) is 0.667. The van der Waals surface area contributed by atoms with E-state index in [1.165, 1.54) is 7.05 Å². The molecule has 8 heteroatoms. The first-order valence-corrected chi connectivity index (χ1v) is 8.80. The number of hydrogen-bond donors (Lipinski definition) is 1. The third-order valence-electron chi connectivity index (χ3n) is 3.70. The van der Waals surface area contributed by atoms with Gasteiger partial charge in [0, 0.05) is 7.05 Å². The van der Waals surface area contributed by atoms with Crippen molar-refractivity contribution in [3.05, 3.63) is 11.3 Å². The minimum atomic E-state index is -3.52. The van der Waals surface area contributed by atoms with Gasteiger partial charge in [0.25, 0.3) is 0 Å². The zero-order valence-electron chi connectivity index (χ0n) is 11.5. The first kappa shape index (κ1) is 15.2. The molecule has 6 nitrogen and oxygen atoms in total. The predicted molar refractivity (Wildman–Crippen MR) is 78.0 cm³/mol. The Morgan fingerprint density at radius 2 is 1.95 bits per heavy atom. The standard InChI is InChI=1S/C12H18N2O4S2/c1-8-10(12(15)16)11(19-13-8)14(2)20(17,18)9-6-4-3-5-7-9/h9H,3-7H2,1-2H3,(H,15,16). The normalized spacial score (nSPS) is 17.1. The SMILES string of the molecule is Cc1nsc(N(C)S(=O)(=O)C2CCCCC2)c1C(=O)O. The molecule has 0 radical (unpaired) electrons. The Morgan fingerprint density at radius 3 is 2.50 bits per heavy atom. The lowest BCUT2D eigenvalue weighted by molar-refractivity contribution is 0.0697. The summed E-state index contributed by atoms with van der Waals surface area (Å²) in [6.45, 7) is 1.57. The Labute approximate surface area is 122 Å². The second kappa shape index (κ2) is 5.69. The molecule has 2 rings (SSSR count). The molecule has 1 aliphatic carbocycles. The molecule has 20 heavy (non-hydrogen) atoms. The molecule has 0 amide bonds. The lowest BCUT2D eigenvalue weighted by Crippen LogP contribution is -2.37. The summed E-state index contributed by atoms with van der Waals surface area (Å²) in [6, 6.07) is 0. The molecule has 0 aromatic carbocycles. The highest BCUT2D eigenvalue weighted by Gasteiger charge is 2.34. The number of sulfonamides is 1. The Kier molecular flexibility index (Phi) is 4.33. The van der Waals surface area contributed by atoms with Gasteiger partial charge in [-0.25, -0.2) is 13.2 Å². The van der Waals surface area contributed by atoms with Crippen molar-refractivity contribution < 1.29 is 18.3 Å². The van der Waals surface area contributed by atoms with Gasteiger partial charge in [-0.3, -0.25) is 4.31 Å². The van der Waals surface area contributed by atoms with E-state index in [0.717, 1.165) is 35.1 Å². The van der Waals surface area contributed by atoms with Crippen molar-refractivity contribution in [2.75, 3.05) is 11.4 Å². The quantitative estimate of drug-likeness (QED) is 0.920. The van der Waals surface area contributed by atoms with Gasteiger partial charge in [-0.1, -0.05) is 19.3 Å². The molecular formula is C12H18N2O4S2. The number of nitrogens with zero attached hydrogens (tertiary/aromatic N) is 2. The third kappa shape index (κ3) is 2.67. The van der Waals surface area contributed by atoms with Crippen LogP contribution in [0.2, 0.25) is 0 Å². The summed E-state index contributed by atoms with van der Waals surface area (Å²) in [4.78, 5) is 11.3. The summed E-state index contributed by atoms with van der Waals surface area (Å²) in [5, 5.41) is 8.99. The van der Waals surface area contributed by atoms with Crippen LogP contribution in [0.25, 0.3) is 0 Å². The van der Waals surface area contributed by atoms with Crippen LogP contribution in [0.15, 0.2) is 0 Å². The topological polar surface area (TPSA) is 87.6 Å². The molecular weight excluding hydrogens is 300 g/mol. The molecule has 0 unspecified atom stereocenters. The summed E-state index contributed by atoms with van der Waals surface area (Å²) in [7, 11) is -2.10. The number of anilines is 1. The number of carboxylic acids is 1. The Hall–Kier alpha value is -1.15. The van der Waals surface area contributed by atoms with Crippen molar-refractivity contribution in [3.8, 4) is 0 Å². The highest BCUT2D eigenvalue weighted by Crippen LogP contribution is 2.33. The van der Waals surface area contributed by atoms with Crippen molar-refractivity contribution >= 4 is 32.5 Å². The van der Waals surface area contributed by atoms with Gasteiger partial charge in [0.1, 0.15) is 10.6 Å². The Balaban J connectivity index is 2.35. The Bertz CT molecular complexity index is 603. The summed E-state index contributed by atoms with van der Waals surface area (Å²) in [6.07, 6.45) is 4.17. The van der Waals surface area contributed by atoms with E-state index in [-0.39, 0.29) is 10.6 Å². The molecule has 112 valence electrons. The van der Waals surface area contributed by atoms with Crippen LogP contribution in [0.4, 0.5) is 5.00 Å². The van der Waals surface area contributed by atoms with Crippen molar-refractivity contribution in [3.63, 3.8) is 0 Å². The van der Waals surface area contributed by atoms with E-state index in [9.17, 15) is 18.3 Å². The van der Waals surface area contributed by atoms with Crippen LogP contribution in [0, 0.1) is 6.92 Å². The monoisotopic (exact) mass is 318 g/mol. The molecule has 1 heterocycles. The van der Waals surface area contributed by atoms with E-state index in [2.05, 4.69) is 4.37 Å². The molecule has 0 spiro atoms. The predicted octanol–water partition coefficient (Wildman–Crippen LogP) is 2.25. The fourth-order valence-electron chi connectivity index (χ4n) is 2.52. The lowest BCUT2D eigenvalue weighted by Gasteiger charge is -2.27. The number of aryl methyl sites for hydroxylation is 1. The smallest absolute Gasteiger partial charge is 0.340 e. The van der Waals surface area contributed by atoms with Crippen molar-refractivity contribution in [1.29, 1.82) is 0 Å². The van der Waals surface area contributed by atoms with Crippen LogP contribution in [0.3, 0.4) is 0 Å². The summed E-state index contributed by atoms with van der Waals surface area (Å²) in [5.74, 6) is -1.14. The van der Waals surface area contributed by atoms with Gasteiger partial charge in [-0.15, -0.1) is 0 Å². The lowest BCUT2D eigenvalue weighted by atomic mass is 10.0. The molecule has 0 saturated heterocycles. The molecule has 1 saturated carbocycles. The van der Waals surface area contributed by atoms with Gasteiger partial charge in [0.2, 0.25) is 10.0 Å². The van der Waals surface area contributed by atoms with E-state index in [0.29, 0.717) is 18.5 Å². The van der Waals surface area contributed by atoms with Gasteiger partial charge >= 0.3 is 5.97 Å². The number of carboxylic acid groups (broad SMARTS) is 1. The second-order valence-electron chi connectivity index (χ2n) is 5.03. The van der Waals surface area contributed by atoms with Gasteiger partial charge in [0.15, 0.2) is 0 Å². The molecule has 0 bridgehead atoms. The molecule has 0 aliphatic heterocycles. The maximum atomic E-state index is 12.6. The van der Waals surface area contributed by atoms with Crippen LogP contribution in [-0.4, -0.2) is 36.2 Å². The molecule has 1 N–H and O–H groups in total. The first-order chi connectivity index (χ1) is 9.35. The van der Waals surface area contributed by atoms with E-state index in [1.54, 1.807) is 6.92 Å². The van der Waals surface area contributed by atoms with E-state index < -0.39 is 21.2 Å². The largest absolute Gasteiger partial charge is 0.478 e. The van der Waals surface area contributed by atoms with Gasteiger partial charge in [-0.2, -0.15) is 4.37 Å².